The standard InChI is InChI=1S/C21H22ClN3O2S/c1-4-14(3)25-20(27)16-7-5-6-8-18(16)24-21(25)28-12-19(26)23-17-10-9-15(22)11-13(17)2/h5-11,14H,4,12H2,1-3H3,(H,23,26)/t14-/m1/s1. The molecule has 1 amide bonds. The number of fused-ring (bicyclic) bond motifs is 1. The highest BCUT2D eigenvalue weighted by molar-refractivity contribution is 7.99. The highest BCUT2D eigenvalue weighted by Crippen LogP contribution is 2.24. The summed E-state index contributed by atoms with van der Waals surface area (Å²) in [7, 11) is 0. The molecule has 1 atom stereocenters. The van der Waals surface area contributed by atoms with Crippen molar-refractivity contribution >= 4 is 45.9 Å². The molecule has 7 heteroatoms. The Bertz CT molecular complexity index is 1080. The first-order valence-corrected chi connectivity index (χ1v) is 10.5. The van der Waals surface area contributed by atoms with Crippen LogP contribution in [0.25, 0.3) is 10.9 Å². The van der Waals surface area contributed by atoms with Gasteiger partial charge in [0.2, 0.25) is 5.91 Å². The van der Waals surface area contributed by atoms with Gasteiger partial charge in [-0.05, 0) is 56.2 Å². The number of nitrogens with zero attached hydrogens (tertiary/aromatic N) is 2. The summed E-state index contributed by atoms with van der Waals surface area (Å²) in [6.45, 7) is 5.90. The Morgan fingerprint density at radius 2 is 2.04 bits per heavy atom. The van der Waals surface area contributed by atoms with Gasteiger partial charge in [0.1, 0.15) is 0 Å². The van der Waals surface area contributed by atoms with Crippen LogP contribution in [0.4, 0.5) is 5.69 Å². The lowest BCUT2D eigenvalue weighted by molar-refractivity contribution is -0.113. The maximum Gasteiger partial charge on any atom is 0.262 e. The number of carbonyl (C=O) groups excluding carboxylic acids is 1. The van der Waals surface area contributed by atoms with Crippen molar-refractivity contribution in [1.82, 2.24) is 9.55 Å². The third-order valence-corrected chi connectivity index (χ3v) is 5.79. The molecule has 0 aliphatic rings. The fraction of sp³-hybridized carbons (Fsp3) is 0.286. The number of para-hydroxylation sites is 1. The van der Waals surface area contributed by atoms with E-state index in [9.17, 15) is 9.59 Å². The summed E-state index contributed by atoms with van der Waals surface area (Å²) >= 11 is 7.23. The zero-order chi connectivity index (χ0) is 20.3. The van der Waals surface area contributed by atoms with E-state index in [1.807, 2.05) is 39.0 Å². The molecule has 28 heavy (non-hydrogen) atoms. The lowest BCUT2D eigenvalue weighted by Gasteiger charge is -2.18. The van der Waals surface area contributed by atoms with Crippen molar-refractivity contribution in [3.8, 4) is 0 Å². The molecule has 0 saturated heterocycles. The number of thioether (sulfide) groups is 1. The SMILES string of the molecule is CC[C@@H](C)n1c(SCC(=O)Nc2ccc(Cl)cc2C)nc2ccccc2c1=O. The summed E-state index contributed by atoms with van der Waals surface area (Å²) in [5.41, 5.74) is 2.19. The Labute approximate surface area is 173 Å². The van der Waals surface area contributed by atoms with Gasteiger partial charge in [0.15, 0.2) is 5.16 Å². The van der Waals surface area contributed by atoms with Crippen LogP contribution in [0.2, 0.25) is 5.02 Å². The van der Waals surface area contributed by atoms with Crippen molar-refractivity contribution in [2.75, 3.05) is 11.1 Å². The molecule has 0 fully saturated rings. The van der Waals surface area contributed by atoms with Crippen LogP contribution in [-0.4, -0.2) is 21.2 Å². The third kappa shape index (κ3) is 4.39. The van der Waals surface area contributed by atoms with E-state index in [4.69, 9.17) is 11.6 Å². The van der Waals surface area contributed by atoms with Crippen LogP contribution in [0.15, 0.2) is 52.4 Å². The second-order valence-electron chi connectivity index (χ2n) is 6.64. The largest absolute Gasteiger partial charge is 0.325 e. The molecule has 0 bridgehead atoms. The van der Waals surface area contributed by atoms with Gasteiger partial charge in [-0.15, -0.1) is 0 Å². The van der Waals surface area contributed by atoms with Gasteiger partial charge < -0.3 is 5.32 Å². The van der Waals surface area contributed by atoms with Crippen molar-refractivity contribution in [3.05, 3.63) is 63.4 Å². The average Bonchev–Trinajstić information content (AvgIpc) is 2.68. The van der Waals surface area contributed by atoms with Crippen molar-refractivity contribution in [1.29, 1.82) is 0 Å². The highest BCUT2D eigenvalue weighted by Gasteiger charge is 2.17. The van der Waals surface area contributed by atoms with Gasteiger partial charge in [-0.3, -0.25) is 14.2 Å². The fourth-order valence-corrected chi connectivity index (χ4v) is 4.01. The smallest absolute Gasteiger partial charge is 0.262 e. The predicted molar refractivity (Wildman–Crippen MR) is 117 cm³/mol. The van der Waals surface area contributed by atoms with Crippen LogP contribution in [-0.2, 0) is 4.79 Å². The molecule has 0 aliphatic carbocycles. The van der Waals surface area contributed by atoms with Crippen LogP contribution in [0.3, 0.4) is 0 Å². The molecular weight excluding hydrogens is 394 g/mol. The van der Waals surface area contributed by atoms with E-state index in [2.05, 4.69) is 10.3 Å². The number of benzene rings is 2. The molecule has 1 heterocycles. The molecule has 0 saturated carbocycles. The Kier molecular flexibility index (Phi) is 6.42. The lowest BCUT2D eigenvalue weighted by Crippen LogP contribution is -2.26. The van der Waals surface area contributed by atoms with E-state index in [0.717, 1.165) is 17.7 Å². The number of aryl methyl sites for hydroxylation is 1. The van der Waals surface area contributed by atoms with Crippen molar-refractivity contribution in [2.24, 2.45) is 0 Å². The summed E-state index contributed by atoms with van der Waals surface area (Å²) in [5, 5.41) is 4.66. The number of aromatic nitrogens is 2. The van der Waals surface area contributed by atoms with Crippen molar-refractivity contribution in [2.45, 2.75) is 38.4 Å². The molecule has 3 rings (SSSR count). The molecule has 3 aromatic rings. The summed E-state index contributed by atoms with van der Waals surface area (Å²) < 4.78 is 1.69. The summed E-state index contributed by atoms with van der Waals surface area (Å²) in [4.78, 5) is 30.0. The van der Waals surface area contributed by atoms with Crippen LogP contribution in [0, 0.1) is 6.92 Å². The Morgan fingerprint density at radius 3 is 2.75 bits per heavy atom. The first-order valence-electron chi connectivity index (χ1n) is 9.10. The second-order valence-corrected chi connectivity index (χ2v) is 8.02. The maximum absolute atomic E-state index is 13.0. The number of rotatable bonds is 6. The third-order valence-electron chi connectivity index (χ3n) is 4.60. The molecule has 146 valence electrons. The number of hydrogen-bond acceptors (Lipinski definition) is 4. The number of carbonyl (C=O) groups is 1. The second kappa shape index (κ2) is 8.80. The van der Waals surface area contributed by atoms with Gasteiger partial charge >= 0.3 is 0 Å². The number of hydrogen-bond donors (Lipinski definition) is 1. The molecule has 0 aliphatic heterocycles. The Balaban J connectivity index is 1.85. The van der Waals surface area contributed by atoms with E-state index in [1.54, 1.807) is 28.8 Å². The van der Waals surface area contributed by atoms with Crippen molar-refractivity contribution < 1.29 is 4.79 Å². The zero-order valence-corrected chi connectivity index (χ0v) is 17.6. The highest BCUT2D eigenvalue weighted by atomic mass is 35.5. The number of nitrogens with one attached hydrogen (secondary N) is 1. The number of amides is 1. The van der Waals surface area contributed by atoms with Crippen LogP contribution in [0.5, 0.6) is 0 Å². The molecule has 5 nitrogen and oxygen atoms in total. The first-order chi connectivity index (χ1) is 13.4. The van der Waals surface area contributed by atoms with E-state index >= 15 is 0 Å². The van der Waals surface area contributed by atoms with Gasteiger partial charge in [0, 0.05) is 16.8 Å². The van der Waals surface area contributed by atoms with Crippen molar-refractivity contribution in [3.63, 3.8) is 0 Å². The predicted octanol–water partition coefficient (Wildman–Crippen LogP) is 5.06. The van der Waals surface area contributed by atoms with Crippen LogP contribution in [0.1, 0.15) is 31.9 Å². The Hall–Kier alpha value is -2.31. The molecule has 0 spiro atoms. The van der Waals surface area contributed by atoms with Gasteiger partial charge in [0.05, 0.1) is 16.7 Å². The lowest BCUT2D eigenvalue weighted by atomic mass is 10.2. The molecule has 0 unspecified atom stereocenters. The van der Waals surface area contributed by atoms with Gasteiger partial charge in [-0.1, -0.05) is 42.4 Å². The first kappa shape index (κ1) is 20.4. The van der Waals surface area contributed by atoms with Gasteiger partial charge in [-0.25, -0.2) is 4.98 Å². The molecule has 0 radical (unpaired) electrons. The molecule has 1 aromatic heterocycles. The molecule has 1 N–H and O–H groups in total. The van der Waals surface area contributed by atoms with Gasteiger partial charge in [0.25, 0.3) is 5.56 Å². The Morgan fingerprint density at radius 1 is 1.29 bits per heavy atom. The summed E-state index contributed by atoms with van der Waals surface area (Å²) in [6, 6.07) is 12.6. The zero-order valence-electron chi connectivity index (χ0n) is 16.0. The summed E-state index contributed by atoms with van der Waals surface area (Å²) in [6.07, 6.45) is 0.795. The average molecular weight is 416 g/mol. The van der Waals surface area contributed by atoms with E-state index in [1.165, 1.54) is 11.8 Å². The number of anilines is 1. The molecule has 2 aromatic carbocycles. The quantitative estimate of drug-likeness (QED) is 0.451. The van der Waals surface area contributed by atoms with Crippen LogP contribution >= 0.6 is 23.4 Å². The van der Waals surface area contributed by atoms with E-state index in [0.29, 0.717) is 21.1 Å². The van der Waals surface area contributed by atoms with E-state index in [-0.39, 0.29) is 23.3 Å². The number of halogens is 1. The molecular formula is C21H22ClN3O2S. The topological polar surface area (TPSA) is 64.0 Å². The van der Waals surface area contributed by atoms with Gasteiger partial charge in [-0.2, -0.15) is 0 Å². The minimum Gasteiger partial charge on any atom is -0.325 e. The summed E-state index contributed by atoms with van der Waals surface area (Å²) in [5.74, 6) is -0.00273. The maximum atomic E-state index is 13.0. The minimum absolute atomic E-state index is 0.00585. The van der Waals surface area contributed by atoms with E-state index < -0.39 is 0 Å². The van der Waals surface area contributed by atoms with Crippen LogP contribution < -0.4 is 10.9 Å². The fourth-order valence-electron chi connectivity index (χ4n) is 2.88. The monoisotopic (exact) mass is 415 g/mol. The normalized spacial score (nSPS) is 12.1. The minimum atomic E-state index is -0.159.